The molecule has 214 valence electrons. The molecular weight excluding hydrogens is 518 g/mol. The molecule has 2 atom stereocenters. The van der Waals surface area contributed by atoms with Crippen LogP contribution < -0.4 is 10.1 Å². The molecule has 3 aromatic rings. The highest BCUT2D eigenvalue weighted by atomic mass is 16.5. The van der Waals surface area contributed by atoms with Gasteiger partial charge in [-0.05, 0) is 72.7 Å². The highest BCUT2D eigenvalue weighted by Gasteiger charge is 2.50. The fraction of sp³-hybridized carbons (Fsp3) is 0.375. The first-order chi connectivity index (χ1) is 20.1. The first-order valence-electron chi connectivity index (χ1n) is 14.1. The minimum Gasteiger partial charge on any atom is -0.494 e. The lowest BCUT2D eigenvalue weighted by atomic mass is 9.84. The van der Waals surface area contributed by atoms with Crippen LogP contribution in [0.3, 0.4) is 0 Å². The predicted molar refractivity (Wildman–Crippen MR) is 159 cm³/mol. The molecule has 0 unspecified atom stereocenters. The number of hydrogen-bond acceptors (Lipinski definition) is 6. The molecule has 2 N–H and O–H groups in total. The van der Waals surface area contributed by atoms with Gasteiger partial charge in [0, 0.05) is 36.5 Å². The zero-order valence-corrected chi connectivity index (χ0v) is 23.4. The summed E-state index contributed by atoms with van der Waals surface area (Å²) in [5.41, 5.74) is 11.4. The van der Waals surface area contributed by atoms with Gasteiger partial charge < -0.3 is 19.9 Å². The quantitative estimate of drug-likeness (QED) is 0.110. The SMILES string of the molecule is C[C@H]1OC(c2ccc(OCCCO)cc2)=N[C@@]1(Cc1ccccc1CN=[N+]=[N-])C(=O)NCCCCc1ccccc1. The maximum atomic E-state index is 13.9. The molecule has 9 heteroatoms. The van der Waals surface area contributed by atoms with Gasteiger partial charge in [-0.2, -0.15) is 0 Å². The number of amides is 1. The lowest BCUT2D eigenvalue weighted by Crippen LogP contribution is -2.52. The third kappa shape index (κ3) is 7.87. The molecular formula is C32H37N5O4. The Bertz CT molecular complexity index is 1360. The second-order valence-corrected chi connectivity index (χ2v) is 10.1. The topological polar surface area (TPSA) is 129 Å². The van der Waals surface area contributed by atoms with E-state index in [2.05, 4.69) is 27.5 Å². The van der Waals surface area contributed by atoms with Crippen LogP contribution in [-0.4, -0.2) is 48.3 Å². The Labute approximate surface area is 240 Å². The van der Waals surface area contributed by atoms with Crippen molar-refractivity contribution in [1.29, 1.82) is 0 Å². The predicted octanol–water partition coefficient (Wildman–Crippen LogP) is 5.54. The number of nitrogens with zero attached hydrogens (tertiary/aromatic N) is 4. The second-order valence-electron chi connectivity index (χ2n) is 10.1. The number of azide groups is 1. The zero-order chi connectivity index (χ0) is 28.9. The van der Waals surface area contributed by atoms with E-state index in [1.54, 1.807) is 0 Å². The Morgan fingerprint density at radius 3 is 2.51 bits per heavy atom. The number of aliphatic imine (C=N–C) groups is 1. The number of rotatable bonds is 15. The summed E-state index contributed by atoms with van der Waals surface area (Å²) in [6.45, 7) is 3.09. The number of unbranched alkanes of at least 4 members (excludes halogenated alkanes) is 1. The number of aliphatic hydroxyl groups is 1. The molecule has 0 aromatic heterocycles. The van der Waals surface area contributed by atoms with Crippen LogP contribution in [0.4, 0.5) is 0 Å². The van der Waals surface area contributed by atoms with Crippen molar-refractivity contribution in [2.75, 3.05) is 19.8 Å². The van der Waals surface area contributed by atoms with Gasteiger partial charge in [-0.25, -0.2) is 4.99 Å². The molecule has 0 spiro atoms. The summed E-state index contributed by atoms with van der Waals surface area (Å²) >= 11 is 0. The van der Waals surface area contributed by atoms with Crippen LogP contribution in [0.15, 0.2) is 89.0 Å². The van der Waals surface area contributed by atoms with E-state index < -0.39 is 11.6 Å². The minimum atomic E-state index is -1.20. The van der Waals surface area contributed by atoms with Gasteiger partial charge in [-0.3, -0.25) is 4.79 Å². The Kier molecular flexibility index (Phi) is 10.8. The van der Waals surface area contributed by atoms with Crippen molar-refractivity contribution in [1.82, 2.24) is 5.32 Å². The molecule has 0 radical (unpaired) electrons. The third-order valence-electron chi connectivity index (χ3n) is 7.23. The molecule has 4 rings (SSSR count). The molecule has 0 aliphatic carbocycles. The summed E-state index contributed by atoms with van der Waals surface area (Å²) < 4.78 is 11.9. The van der Waals surface area contributed by atoms with Gasteiger partial charge in [0.25, 0.3) is 5.91 Å². The standard InChI is InChI=1S/C32H37N5O4/c1-24-32(22-27-13-5-6-14-28(27)23-35-37-33,31(39)34-19-8-7-12-25-10-3-2-4-11-25)36-30(41-24)26-15-17-29(18-16-26)40-21-9-20-38/h2-6,10-11,13-18,24,38H,7-9,12,19-23H2,1H3,(H,34,39)/t24-,32-/m1/s1. The van der Waals surface area contributed by atoms with E-state index in [1.807, 2.05) is 73.7 Å². The average Bonchev–Trinajstić information content (AvgIpc) is 3.34. The van der Waals surface area contributed by atoms with Crippen molar-refractivity contribution < 1.29 is 19.4 Å². The van der Waals surface area contributed by atoms with Crippen molar-refractivity contribution in [3.05, 3.63) is 112 Å². The van der Waals surface area contributed by atoms with Gasteiger partial charge in [0.15, 0.2) is 5.54 Å². The Balaban J connectivity index is 1.54. The van der Waals surface area contributed by atoms with E-state index in [0.717, 1.165) is 36.0 Å². The third-order valence-corrected chi connectivity index (χ3v) is 7.23. The average molecular weight is 556 g/mol. The first kappa shape index (κ1) is 29.6. The molecule has 1 heterocycles. The van der Waals surface area contributed by atoms with Crippen molar-refractivity contribution in [3.63, 3.8) is 0 Å². The highest BCUT2D eigenvalue weighted by molar-refractivity contribution is 6.00. The van der Waals surface area contributed by atoms with Gasteiger partial charge in [0.1, 0.15) is 11.9 Å². The van der Waals surface area contributed by atoms with E-state index in [-0.39, 0.29) is 19.1 Å². The van der Waals surface area contributed by atoms with E-state index >= 15 is 0 Å². The van der Waals surface area contributed by atoms with E-state index in [0.29, 0.717) is 37.6 Å². The monoisotopic (exact) mass is 555 g/mol. The highest BCUT2D eigenvalue weighted by Crippen LogP contribution is 2.34. The molecule has 0 fully saturated rings. The van der Waals surface area contributed by atoms with Crippen LogP contribution in [0.25, 0.3) is 10.4 Å². The normalized spacial score (nSPS) is 17.7. The molecule has 41 heavy (non-hydrogen) atoms. The number of aliphatic hydroxyl groups excluding tert-OH is 1. The summed E-state index contributed by atoms with van der Waals surface area (Å²) in [5, 5.41) is 15.8. The van der Waals surface area contributed by atoms with E-state index in [4.69, 9.17) is 25.1 Å². The maximum Gasteiger partial charge on any atom is 0.252 e. The molecule has 0 saturated heterocycles. The Morgan fingerprint density at radius 2 is 1.78 bits per heavy atom. The lowest BCUT2D eigenvalue weighted by molar-refractivity contribution is -0.128. The number of ether oxygens (including phenoxy) is 2. The van der Waals surface area contributed by atoms with Crippen molar-refractivity contribution in [2.24, 2.45) is 10.1 Å². The Hall–Kier alpha value is -4.33. The van der Waals surface area contributed by atoms with Crippen LogP contribution in [0.1, 0.15) is 48.4 Å². The second kappa shape index (κ2) is 14.9. The van der Waals surface area contributed by atoms with Crippen LogP contribution in [0.2, 0.25) is 0 Å². The van der Waals surface area contributed by atoms with Crippen LogP contribution in [0.5, 0.6) is 5.75 Å². The lowest BCUT2D eigenvalue weighted by Gasteiger charge is -2.29. The van der Waals surface area contributed by atoms with Crippen molar-refractivity contribution in [2.45, 2.75) is 57.2 Å². The summed E-state index contributed by atoms with van der Waals surface area (Å²) in [5.74, 6) is 0.883. The van der Waals surface area contributed by atoms with Gasteiger partial charge in [0.2, 0.25) is 5.90 Å². The number of carbonyl (C=O) groups excluding carboxylic acids is 1. The zero-order valence-electron chi connectivity index (χ0n) is 23.4. The fourth-order valence-electron chi connectivity index (χ4n) is 4.88. The largest absolute Gasteiger partial charge is 0.494 e. The molecule has 1 amide bonds. The smallest absolute Gasteiger partial charge is 0.252 e. The van der Waals surface area contributed by atoms with Gasteiger partial charge in [0.05, 0.1) is 13.2 Å². The first-order valence-corrected chi connectivity index (χ1v) is 14.1. The number of benzene rings is 3. The number of hydrogen-bond donors (Lipinski definition) is 2. The van der Waals surface area contributed by atoms with E-state index in [1.165, 1.54) is 5.56 Å². The van der Waals surface area contributed by atoms with Gasteiger partial charge >= 0.3 is 0 Å². The molecule has 1 aliphatic rings. The maximum absolute atomic E-state index is 13.9. The summed E-state index contributed by atoms with van der Waals surface area (Å²) in [7, 11) is 0. The van der Waals surface area contributed by atoms with Crippen LogP contribution in [-0.2, 0) is 28.9 Å². The van der Waals surface area contributed by atoms with Crippen LogP contribution >= 0.6 is 0 Å². The fourth-order valence-corrected chi connectivity index (χ4v) is 4.88. The summed E-state index contributed by atoms with van der Waals surface area (Å²) in [6, 6.07) is 25.3. The van der Waals surface area contributed by atoms with Crippen molar-refractivity contribution >= 4 is 11.8 Å². The number of carbonyl (C=O) groups is 1. The van der Waals surface area contributed by atoms with Crippen molar-refractivity contribution in [3.8, 4) is 5.75 Å². The molecule has 1 aliphatic heterocycles. The van der Waals surface area contributed by atoms with Crippen LogP contribution in [0, 0.1) is 0 Å². The molecule has 0 saturated carbocycles. The number of aryl methyl sites for hydroxylation is 1. The summed E-state index contributed by atoms with van der Waals surface area (Å²) in [6.07, 6.45) is 3.08. The van der Waals surface area contributed by atoms with Gasteiger partial charge in [-0.1, -0.05) is 59.7 Å². The summed E-state index contributed by atoms with van der Waals surface area (Å²) in [4.78, 5) is 21.7. The van der Waals surface area contributed by atoms with E-state index in [9.17, 15) is 4.79 Å². The minimum absolute atomic E-state index is 0.0732. The Morgan fingerprint density at radius 1 is 1.05 bits per heavy atom. The number of nitrogens with one attached hydrogen (secondary N) is 1. The van der Waals surface area contributed by atoms with Gasteiger partial charge in [-0.15, -0.1) is 0 Å². The molecule has 3 aromatic carbocycles. The molecule has 0 bridgehead atoms. The molecule has 9 nitrogen and oxygen atoms in total.